The van der Waals surface area contributed by atoms with Crippen LogP contribution in [0.3, 0.4) is 0 Å². The maximum atomic E-state index is 10.6. The van der Waals surface area contributed by atoms with Gasteiger partial charge in [-0.3, -0.25) is 4.90 Å². The van der Waals surface area contributed by atoms with Gasteiger partial charge in [0.25, 0.3) is 0 Å². The number of nitrogen functional groups attached to an aromatic ring is 1. The molecule has 0 radical (unpaired) electrons. The number of rotatable bonds is 2. The first kappa shape index (κ1) is 15.9. The molecule has 3 N–H and O–H groups in total. The number of aliphatic hydroxyl groups is 1. The van der Waals surface area contributed by atoms with Gasteiger partial charge in [0.1, 0.15) is 0 Å². The van der Waals surface area contributed by atoms with Gasteiger partial charge in [0.15, 0.2) is 0 Å². The highest BCUT2D eigenvalue weighted by molar-refractivity contribution is 6.33. The van der Waals surface area contributed by atoms with Crippen LogP contribution in [0.4, 0.5) is 11.4 Å². The number of halogens is 1. The molecular weight excluding hydrogens is 300 g/mol. The largest absolute Gasteiger partial charge is 0.399 e. The number of piperazine rings is 1. The van der Waals surface area contributed by atoms with Crippen LogP contribution in [0.25, 0.3) is 0 Å². The zero-order valence-corrected chi connectivity index (χ0v) is 13.8. The maximum absolute atomic E-state index is 10.6. The Bertz CT molecular complexity index is 519. The van der Waals surface area contributed by atoms with Gasteiger partial charge in [-0.1, -0.05) is 11.6 Å². The predicted octanol–water partition coefficient (Wildman–Crippen LogP) is 1.11. The molecule has 3 rings (SSSR count). The summed E-state index contributed by atoms with van der Waals surface area (Å²) in [6.45, 7) is 5.79. The van der Waals surface area contributed by atoms with Crippen LogP contribution in [0.1, 0.15) is 6.42 Å². The van der Waals surface area contributed by atoms with Gasteiger partial charge in [-0.2, -0.15) is 0 Å². The zero-order valence-electron chi connectivity index (χ0n) is 13.1. The molecule has 22 heavy (non-hydrogen) atoms. The average molecular weight is 325 g/mol. The minimum Gasteiger partial charge on any atom is -0.399 e. The first-order valence-corrected chi connectivity index (χ1v) is 8.33. The summed E-state index contributed by atoms with van der Waals surface area (Å²) in [4.78, 5) is 6.94. The summed E-state index contributed by atoms with van der Waals surface area (Å²) in [6, 6.07) is 5.84. The Balaban J connectivity index is 1.64. The Kier molecular flexibility index (Phi) is 4.78. The lowest BCUT2D eigenvalue weighted by molar-refractivity contribution is 0.0139. The molecule has 2 atom stereocenters. The van der Waals surface area contributed by atoms with Gasteiger partial charge in [-0.15, -0.1) is 0 Å². The summed E-state index contributed by atoms with van der Waals surface area (Å²) in [5, 5.41) is 11.3. The number of piperidine rings is 1. The Hall–Kier alpha value is -1.01. The van der Waals surface area contributed by atoms with E-state index in [1.165, 1.54) is 0 Å². The van der Waals surface area contributed by atoms with Crippen LogP contribution in [-0.2, 0) is 0 Å². The third-order valence-electron chi connectivity index (χ3n) is 4.87. The van der Waals surface area contributed by atoms with Crippen molar-refractivity contribution < 1.29 is 5.11 Å². The first-order chi connectivity index (χ1) is 10.5. The molecule has 2 saturated heterocycles. The van der Waals surface area contributed by atoms with E-state index in [1.54, 1.807) is 6.07 Å². The SMILES string of the molecule is CN1CCN(C2CCN(c3ccc(N)cc3Cl)CC2O)CC1. The summed E-state index contributed by atoms with van der Waals surface area (Å²) in [7, 11) is 2.15. The lowest BCUT2D eigenvalue weighted by Gasteiger charge is -2.45. The van der Waals surface area contributed by atoms with Crippen molar-refractivity contribution in [3.63, 3.8) is 0 Å². The summed E-state index contributed by atoms with van der Waals surface area (Å²) in [5.74, 6) is 0. The number of nitrogens with two attached hydrogens (primary N) is 1. The van der Waals surface area contributed by atoms with Crippen molar-refractivity contribution in [2.75, 3.05) is 56.9 Å². The lowest BCUT2D eigenvalue weighted by Crippen LogP contribution is -2.58. The second-order valence-electron chi connectivity index (χ2n) is 6.42. The van der Waals surface area contributed by atoms with E-state index in [4.69, 9.17) is 17.3 Å². The second kappa shape index (κ2) is 6.62. The number of aliphatic hydroxyl groups excluding tert-OH is 1. The van der Waals surface area contributed by atoms with Crippen molar-refractivity contribution in [1.29, 1.82) is 0 Å². The fourth-order valence-electron chi connectivity index (χ4n) is 3.50. The third-order valence-corrected chi connectivity index (χ3v) is 5.17. The van der Waals surface area contributed by atoms with Crippen LogP contribution < -0.4 is 10.6 Å². The molecule has 2 fully saturated rings. The second-order valence-corrected chi connectivity index (χ2v) is 6.83. The number of hydrogen-bond acceptors (Lipinski definition) is 5. The van der Waals surface area contributed by atoms with Crippen LogP contribution in [0.2, 0.25) is 5.02 Å². The van der Waals surface area contributed by atoms with E-state index < -0.39 is 0 Å². The molecule has 1 aromatic rings. The van der Waals surface area contributed by atoms with E-state index in [9.17, 15) is 5.11 Å². The average Bonchev–Trinajstić information content (AvgIpc) is 2.48. The van der Waals surface area contributed by atoms with Crippen molar-refractivity contribution in [1.82, 2.24) is 9.80 Å². The monoisotopic (exact) mass is 324 g/mol. The smallest absolute Gasteiger partial charge is 0.0870 e. The normalized spacial score (nSPS) is 28.0. The number of likely N-dealkylation sites (N-methyl/N-ethyl adjacent to an activating group) is 1. The predicted molar refractivity (Wildman–Crippen MR) is 91.6 cm³/mol. The van der Waals surface area contributed by atoms with Gasteiger partial charge in [0.2, 0.25) is 0 Å². The molecule has 0 spiro atoms. The molecule has 2 unspecified atom stereocenters. The molecule has 2 aliphatic rings. The molecule has 1 aromatic carbocycles. The quantitative estimate of drug-likeness (QED) is 0.798. The molecule has 122 valence electrons. The molecule has 0 aromatic heterocycles. The molecule has 6 heteroatoms. The number of anilines is 2. The van der Waals surface area contributed by atoms with Crippen LogP contribution in [0.5, 0.6) is 0 Å². The van der Waals surface area contributed by atoms with Crippen LogP contribution >= 0.6 is 11.6 Å². The van der Waals surface area contributed by atoms with E-state index in [2.05, 4.69) is 21.7 Å². The van der Waals surface area contributed by atoms with Crippen molar-refractivity contribution in [2.45, 2.75) is 18.6 Å². The van der Waals surface area contributed by atoms with Gasteiger partial charge in [0.05, 0.1) is 16.8 Å². The van der Waals surface area contributed by atoms with Crippen molar-refractivity contribution in [2.24, 2.45) is 0 Å². The summed E-state index contributed by atoms with van der Waals surface area (Å²) in [5.41, 5.74) is 7.38. The number of hydrogen-bond donors (Lipinski definition) is 2. The van der Waals surface area contributed by atoms with E-state index in [0.29, 0.717) is 17.3 Å². The van der Waals surface area contributed by atoms with E-state index in [1.807, 2.05) is 12.1 Å². The highest BCUT2D eigenvalue weighted by Crippen LogP contribution is 2.31. The Labute approximate surface area is 137 Å². The highest BCUT2D eigenvalue weighted by atomic mass is 35.5. The van der Waals surface area contributed by atoms with E-state index >= 15 is 0 Å². The van der Waals surface area contributed by atoms with Crippen LogP contribution in [0, 0.1) is 0 Å². The third kappa shape index (κ3) is 3.33. The van der Waals surface area contributed by atoms with E-state index in [0.717, 1.165) is 44.8 Å². The van der Waals surface area contributed by atoms with Crippen molar-refractivity contribution in [3.8, 4) is 0 Å². The number of nitrogens with zero attached hydrogens (tertiary/aromatic N) is 3. The van der Waals surface area contributed by atoms with Gasteiger partial charge < -0.3 is 20.6 Å². The topological polar surface area (TPSA) is 56.0 Å². The van der Waals surface area contributed by atoms with Gasteiger partial charge >= 0.3 is 0 Å². The fourth-order valence-corrected chi connectivity index (χ4v) is 3.81. The lowest BCUT2D eigenvalue weighted by atomic mass is 9.98. The molecule has 0 bridgehead atoms. The standard InChI is InChI=1S/C16H25ClN4O/c1-19-6-8-20(9-7-19)15-4-5-21(11-16(15)22)14-3-2-12(18)10-13(14)17/h2-3,10,15-16,22H,4-9,11,18H2,1H3. The minimum absolute atomic E-state index is 0.262. The molecular formula is C16H25ClN4O. The van der Waals surface area contributed by atoms with Gasteiger partial charge in [0, 0.05) is 51.0 Å². The zero-order chi connectivity index (χ0) is 15.7. The fraction of sp³-hybridized carbons (Fsp3) is 0.625. The number of β-amino-alcohol motifs (C(OH)–C–C–N with tert-alkyl or cyclic N) is 1. The summed E-state index contributed by atoms with van der Waals surface area (Å²) in [6.07, 6.45) is 0.622. The van der Waals surface area contributed by atoms with Gasteiger partial charge in [-0.05, 0) is 31.7 Å². The van der Waals surface area contributed by atoms with Crippen molar-refractivity contribution >= 4 is 23.0 Å². The summed E-state index contributed by atoms with van der Waals surface area (Å²) < 4.78 is 0. The molecule has 5 nitrogen and oxygen atoms in total. The molecule has 2 heterocycles. The summed E-state index contributed by atoms with van der Waals surface area (Å²) >= 11 is 6.29. The molecule has 0 amide bonds. The molecule has 2 aliphatic heterocycles. The van der Waals surface area contributed by atoms with Crippen LogP contribution in [-0.4, -0.2) is 73.4 Å². The molecule has 0 aliphatic carbocycles. The van der Waals surface area contributed by atoms with E-state index in [-0.39, 0.29) is 12.1 Å². The van der Waals surface area contributed by atoms with Gasteiger partial charge in [-0.25, -0.2) is 0 Å². The highest BCUT2D eigenvalue weighted by Gasteiger charge is 2.33. The Morgan fingerprint density at radius 3 is 2.55 bits per heavy atom. The van der Waals surface area contributed by atoms with Crippen LogP contribution in [0.15, 0.2) is 18.2 Å². The Morgan fingerprint density at radius 2 is 1.91 bits per heavy atom. The first-order valence-electron chi connectivity index (χ1n) is 7.95. The van der Waals surface area contributed by atoms with Crippen molar-refractivity contribution in [3.05, 3.63) is 23.2 Å². The minimum atomic E-state index is -0.342. The maximum Gasteiger partial charge on any atom is 0.0870 e. The molecule has 0 saturated carbocycles. The number of benzene rings is 1. The Morgan fingerprint density at radius 1 is 1.18 bits per heavy atom.